The average Bonchev–Trinajstić information content (AvgIpc) is 3.10. The van der Waals surface area contributed by atoms with Gasteiger partial charge in [0.2, 0.25) is 5.91 Å². The number of fused-ring (bicyclic) bond motifs is 2. The second kappa shape index (κ2) is 8.22. The van der Waals surface area contributed by atoms with Crippen molar-refractivity contribution in [2.45, 2.75) is 19.9 Å². The van der Waals surface area contributed by atoms with E-state index < -0.39 is 0 Å². The Labute approximate surface area is 184 Å². The Bertz CT molecular complexity index is 1350. The maximum absolute atomic E-state index is 13.1. The summed E-state index contributed by atoms with van der Waals surface area (Å²) in [6, 6.07) is 16.4. The van der Waals surface area contributed by atoms with Crippen LogP contribution in [0, 0.1) is 0 Å². The van der Waals surface area contributed by atoms with Crippen LogP contribution >= 0.6 is 0 Å². The molecule has 2 aromatic heterocycles. The van der Waals surface area contributed by atoms with Gasteiger partial charge in [0, 0.05) is 18.0 Å². The van der Waals surface area contributed by atoms with Crippen molar-refractivity contribution in [3.63, 3.8) is 0 Å². The Morgan fingerprint density at radius 1 is 1.06 bits per heavy atom. The van der Waals surface area contributed by atoms with Crippen LogP contribution in [-0.2, 0) is 17.8 Å². The third kappa shape index (κ3) is 3.60. The Kier molecular flexibility index (Phi) is 5.10. The smallest absolute Gasteiger partial charge is 0.280 e. The standard InChI is InChI=1S/C24H22N4O4/c1-2-16-5-8-18(9-6-16)28-24(30)19-4-3-11-25-23(19)27(28)15-22(29)26-17-7-10-20-21(14-17)32-13-12-31-20/h3-11,14H,2,12-13,15H2,1H3,(H,26,29). The number of nitrogens with zero attached hydrogens (tertiary/aromatic N) is 3. The second-order valence-electron chi connectivity index (χ2n) is 7.48. The zero-order chi connectivity index (χ0) is 22.1. The summed E-state index contributed by atoms with van der Waals surface area (Å²) in [6.45, 7) is 2.96. The van der Waals surface area contributed by atoms with Crippen molar-refractivity contribution in [3.8, 4) is 17.2 Å². The summed E-state index contributed by atoms with van der Waals surface area (Å²) in [7, 11) is 0. The predicted octanol–water partition coefficient (Wildman–Crippen LogP) is 3.16. The molecule has 0 fully saturated rings. The number of anilines is 1. The number of carbonyl (C=O) groups excluding carboxylic acids is 1. The first kappa shape index (κ1) is 19.9. The number of benzene rings is 2. The number of carbonyl (C=O) groups is 1. The molecule has 3 heterocycles. The molecular weight excluding hydrogens is 408 g/mol. The van der Waals surface area contributed by atoms with Gasteiger partial charge < -0.3 is 14.8 Å². The Hall–Kier alpha value is -4.07. The van der Waals surface area contributed by atoms with E-state index in [1.807, 2.05) is 24.3 Å². The molecule has 1 amide bonds. The maximum Gasteiger partial charge on any atom is 0.280 e. The minimum absolute atomic E-state index is 0.0836. The summed E-state index contributed by atoms with van der Waals surface area (Å²) in [6.07, 6.45) is 2.51. The van der Waals surface area contributed by atoms with E-state index in [4.69, 9.17) is 9.47 Å². The monoisotopic (exact) mass is 430 g/mol. The van der Waals surface area contributed by atoms with E-state index in [1.54, 1.807) is 41.2 Å². The lowest BCUT2D eigenvalue weighted by molar-refractivity contribution is -0.116. The van der Waals surface area contributed by atoms with Crippen molar-refractivity contribution in [2.75, 3.05) is 18.5 Å². The summed E-state index contributed by atoms with van der Waals surface area (Å²) >= 11 is 0. The van der Waals surface area contributed by atoms with E-state index in [1.165, 1.54) is 10.2 Å². The van der Waals surface area contributed by atoms with Gasteiger partial charge in [-0.05, 0) is 48.4 Å². The molecule has 0 spiro atoms. The molecule has 0 unspecified atom stereocenters. The average molecular weight is 430 g/mol. The van der Waals surface area contributed by atoms with Gasteiger partial charge in [-0.2, -0.15) is 0 Å². The Morgan fingerprint density at radius 3 is 2.62 bits per heavy atom. The van der Waals surface area contributed by atoms with Gasteiger partial charge in [0.05, 0.1) is 11.1 Å². The SMILES string of the molecule is CCc1ccc(-n2c(=O)c3cccnc3n2CC(=O)Nc2ccc3c(c2)OCCO3)cc1. The van der Waals surface area contributed by atoms with Gasteiger partial charge in [0.15, 0.2) is 17.1 Å². The molecule has 0 saturated heterocycles. The number of aromatic nitrogens is 3. The minimum atomic E-state index is -0.289. The van der Waals surface area contributed by atoms with Crippen molar-refractivity contribution >= 4 is 22.6 Å². The molecular formula is C24H22N4O4. The summed E-state index contributed by atoms with van der Waals surface area (Å²) < 4.78 is 14.2. The molecule has 4 aromatic rings. The molecule has 8 heteroatoms. The van der Waals surface area contributed by atoms with Crippen LogP contribution < -0.4 is 20.3 Å². The highest BCUT2D eigenvalue weighted by molar-refractivity contribution is 5.91. The highest BCUT2D eigenvalue weighted by Crippen LogP contribution is 2.32. The molecule has 8 nitrogen and oxygen atoms in total. The molecule has 1 aliphatic heterocycles. The topological polar surface area (TPSA) is 87.4 Å². The lowest BCUT2D eigenvalue weighted by atomic mass is 10.1. The number of amides is 1. The molecule has 162 valence electrons. The number of rotatable bonds is 5. The lowest BCUT2D eigenvalue weighted by Gasteiger charge is -2.19. The van der Waals surface area contributed by atoms with Crippen molar-refractivity contribution in [2.24, 2.45) is 0 Å². The molecule has 2 aromatic carbocycles. The van der Waals surface area contributed by atoms with Crippen molar-refractivity contribution in [1.82, 2.24) is 14.3 Å². The fraction of sp³-hybridized carbons (Fsp3) is 0.208. The molecule has 0 radical (unpaired) electrons. The highest BCUT2D eigenvalue weighted by Gasteiger charge is 2.19. The fourth-order valence-corrected chi connectivity index (χ4v) is 3.82. The highest BCUT2D eigenvalue weighted by atomic mass is 16.6. The van der Waals surface area contributed by atoms with Gasteiger partial charge in [-0.15, -0.1) is 0 Å². The number of hydrogen-bond donors (Lipinski definition) is 1. The third-order valence-electron chi connectivity index (χ3n) is 5.40. The van der Waals surface area contributed by atoms with E-state index in [0.717, 1.165) is 6.42 Å². The van der Waals surface area contributed by atoms with Gasteiger partial charge in [0.25, 0.3) is 5.56 Å². The van der Waals surface area contributed by atoms with E-state index >= 15 is 0 Å². The second-order valence-corrected chi connectivity index (χ2v) is 7.48. The van der Waals surface area contributed by atoms with Crippen LogP contribution in [0.4, 0.5) is 5.69 Å². The number of hydrogen-bond acceptors (Lipinski definition) is 5. The van der Waals surface area contributed by atoms with E-state index in [-0.39, 0.29) is 18.0 Å². The van der Waals surface area contributed by atoms with Crippen molar-refractivity contribution in [3.05, 3.63) is 76.7 Å². The molecule has 1 aliphatic rings. The first-order valence-corrected chi connectivity index (χ1v) is 10.5. The molecule has 5 rings (SSSR count). The van der Waals surface area contributed by atoms with Gasteiger partial charge in [-0.1, -0.05) is 19.1 Å². The number of aryl methyl sites for hydroxylation is 1. The van der Waals surface area contributed by atoms with Crippen LogP contribution in [-0.4, -0.2) is 33.5 Å². The normalized spacial score (nSPS) is 12.7. The molecule has 32 heavy (non-hydrogen) atoms. The van der Waals surface area contributed by atoms with Gasteiger partial charge >= 0.3 is 0 Å². The summed E-state index contributed by atoms with van der Waals surface area (Å²) in [4.78, 5) is 30.4. The molecule has 0 bridgehead atoms. The minimum Gasteiger partial charge on any atom is -0.486 e. The van der Waals surface area contributed by atoms with Crippen LogP contribution in [0.15, 0.2) is 65.6 Å². The van der Waals surface area contributed by atoms with Crippen LogP contribution in [0.2, 0.25) is 0 Å². The Morgan fingerprint density at radius 2 is 1.84 bits per heavy atom. The number of nitrogens with one attached hydrogen (secondary N) is 1. The molecule has 0 atom stereocenters. The largest absolute Gasteiger partial charge is 0.486 e. The van der Waals surface area contributed by atoms with Crippen LogP contribution in [0.25, 0.3) is 16.7 Å². The van der Waals surface area contributed by atoms with Gasteiger partial charge in [0.1, 0.15) is 19.8 Å². The summed E-state index contributed by atoms with van der Waals surface area (Å²) in [5.74, 6) is 0.956. The fourth-order valence-electron chi connectivity index (χ4n) is 3.82. The van der Waals surface area contributed by atoms with Crippen molar-refractivity contribution in [1.29, 1.82) is 0 Å². The zero-order valence-electron chi connectivity index (χ0n) is 17.6. The number of pyridine rings is 1. The molecule has 0 aliphatic carbocycles. The molecule has 0 saturated carbocycles. The maximum atomic E-state index is 13.1. The predicted molar refractivity (Wildman–Crippen MR) is 121 cm³/mol. The van der Waals surface area contributed by atoms with E-state index in [0.29, 0.717) is 47.1 Å². The first-order chi connectivity index (χ1) is 15.6. The number of ether oxygens (including phenoxy) is 2. The van der Waals surface area contributed by atoms with Gasteiger partial charge in [-0.3, -0.25) is 14.3 Å². The zero-order valence-corrected chi connectivity index (χ0v) is 17.6. The quantitative estimate of drug-likeness (QED) is 0.526. The summed E-state index contributed by atoms with van der Waals surface area (Å²) in [5.41, 5.74) is 2.67. The van der Waals surface area contributed by atoms with Crippen LogP contribution in [0.3, 0.4) is 0 Å². The molecule has 1 N–H and O–H groups in total. The van der Waals surface area contributed by atoms with Crippen LogP contribution in [0.1, 0.15) is 12.5 Å². The summed E-state index contributed by atoms with van der Waals surface area (Å²) in [5, 5.41) is 3.33. The Balaban J connectivity index is 1.49. The lowest BCUT2D eigenvalue weighted by Crippen LogP contribution is -2.27. The van der Waals surface area contributed by atoms with Crippen molar-refractivity contribution < 1.29 is 14.3 Å². The third-order valence-corrected chi connectivity index (χ3v) is 5.40. The first-order valence-electron chi connectivity index (χ1n) is 10.5. The van der Waals surface area contributed by atoms with E-state index in [2.05, 4.69) is 17.2 Å². The van der Waals surface area contributed by atoms with Crippen LogP contribution in [0.5, 0.6) is 11.5 Å². The van der Waals surface area contributed by atoms with Gasteiger partial charge in [-0.25, -0.2) is 9.67 Å². The van der Waals surface area contributed by atoms with E-state index in [9.17, 15) is 9.59 Å².